The Morgan fingerprint density at radius 2 is 2.00 bits per heavy atom. The second-order valence-electron chi connectivity index (χ2n) is 8.00. The standard InChI is InChI=1S/C26H24N2O3S/c1-26(25-27-14-15-28-25,18-7-3-2-4-8-18)31-23-13-12-20-19(9-5-10-22(20)29)21(23)17-32-24-11-6-16-30-24/h2-4,6-8,11-16H,5,9-10,17H2,1H3,(H,27,28)/t26-/m0/s1. The highest BCUT2D eigenvalue weighted by atomic mass is 32.2. The molecule has 1 aliphatic rings. The number of aromatic amines is 1. The number of ether oxygens (including phenoxy) is 1. The number of aromatic nitrogens is 2. The summed E-state index contributed by atoms with van der Waals surface area (Å²) in [6.45, 7) is 2.02. The SMILES string of the molecule is C[C@](Oc1ccc2c(c1CSc1ccco1)CCCC2=O)(c1ccccc1)c1ncc[nH]1. The van der Waals surface area contributed by atoms with E-state index < -0.39 is 5.60 Å². The van der Waals surface area contributed by atoms with Gasteiger partial charge >= 0.3 is 0 Å². The molecular weight excluding hydrogens is 420 g/mol. The first-order chi connectivity index (χ1) is 15.6. The van der Waals surface area contributed by atoms with E-state index in [0.29, 0.717) is 12.2 Å². The lowest BCUT2D eigenvalue weighted by atomic mass is 9.87. The Morgan fingerprint density at radius 3 is 2.75 bits per heavy atom. The van der Waals surface area contributed by atoms with Crippen LogP contribution in [0.3, 0.4) is 0 Å². The molecule has 4 aromatic rings. The van der Waals surface area contributed by atoms with Crippen molar-refractivity contribution in [3.8, 4) is 5.75 Å². The molecular formula is C26H24N2O3S. The molecule has 5 rings (SSSR count). The fraction of sp³-hybridized carbons (Fsp3) is 0.231. The molecule has 1 aliphatic carbocycles. The predicted molar refractivity (Wildman–Crippen MR) is 124 cm³/mol. The lowest BCUT2D eigenvalue weighted by molar-refractivity contribution is 0.0971. The number of rotatable bonds is 7. The topological polar surface area (TPSA) is 68.1 Å². The maximum absolute atomic E-state index is 12.6. The van der Waals surface area contributed by atoms with Gasteiger partial charge in [0.05, 0.1) is 6.26 Å². The molecule has 0 amide bonds. The monoisotopic (exact) mass is 444 g/mol. The van der Waals surface area contributed by atoms with Gasteiger partial charge in [0.15, 0.2) is 22.3 Å². The summed E-state index contributed by atoms with van der Waals surface area (Å²) in [6, 6.07) is 17.8. The first-order valence-corrected chi connectivity index (χ1v) is 11.7. The van der Waals surface area contributed by atoms with Gasteiger partial charge in [0.1, 0.15) is 5.75 Å². The van der Waals surface area contributed by atoms with Crippen molar-refractivity contribution in [3.05, 3.63) is 101 Å². The Morgan fingerprint density at radius 1 is 1.12 bits per heavy atom. The van der Waals surface area contributed by atoms with Crippen LogP contribution in [0.25, 0.3) is 0 Å². The minimum Gasteiger partial charge on any atom is -0.475 e. The van der Waals surface area contributed by atoms with E-state index in [4.69, 9.17) is 9.15 Å². The van der Waals surface area contributed by atoms with Crippen molar-refractivity contribution in [2.24, 2.45) is 0 Å². The third-order valence-corrected chi connectivity index (χ3v) is 6.91. The summed E-state index contributed by atoms with van der Waals surface area (Å²) >= 11 is 1.61. The van der Waals surface area contributed by atoms with Crippen molar-refractivity contribution in [3.63, 3.8) is 0 Å². The minimum atomic E-state index is -0.818. The van der Waals surface area contributed by atoms with Crippen molar-refractivity contribution < 1.29 is 13.9 Å². The third kappa shape index (κ3) is 3.86. The summed E-state index contributed by atoms with van der Waals surface area (Å²) in [5, 5.41) is 0.840. The number of Topliss-reactive ketones (excluding diaryl/α,β-unsaturated/α-hetero) is 1. The lowest BCUT2D eigenvalue weighted by Crippen LogP contribution is -2.33. The van der Waals surface area contributed by atoms with Crippen LogP contribution < -0.4 is 4.74 Å². The summed E-state index contributed by atoms with van der Waals surface area (Å²) in [5.41, 5.74) is 3.13. The van der Waals surface area contributed by atoms with Crippen LogP contribution in [0, 0.1) is 0 Å². The number of thioether (sulfide) groups is 1. The molecule has 0 spiro atoms. The van der Waals surface area contributed by atoms with Crippen molar-refractivity contribution in [1.29, 1.82) is 0 Å². The number of nitrogens with zero attached hydrogens (tertiary/aromatic N) is 1. The second-order valence-corrected chi connectivity index (χ2v) is 8.98. The number of carbonyl (C=O) groups excluding carboxylic acids is 1. The molecule has 2 aromatic carbocycles. The summed E-state index contributed by atoms with van der Waals surface area (Å²) in [6.07, 6.45) is 7.55. The van der Waals surface area contributed by atoms with Crippen molar-refractivity contribution in [1.82, 2.24) is 9.97 Å². The molecule has 1 N–H and O–H groups in total. The van der Waals surface area contributed by atoms with Crippen LogP contribution in [0.4, 0.5) is 0 Å². The zero-order valence-corrected chi connectivity index (χ0v) is 18.7. The number of imidazole rings is 1. The molecule has 0 saturated heterocycles. The summed E-state index contributed by atoms with van der Waals surface area (Å²) in [4.78, 5) is 20.3. The molecule has 0 bridgehead atoms. The van der Waals surface area contributed by atoms with Gasteiger partial charge in [0.2, 0.25) is 0 Å². The van der Waals surface area contributed by atoms with Gasteiger partial charge in [0, 0.05) is 41.3 Å². The maximum Gasteiger partial charge on any atom is 0.188 e. The van der Waals surface area contributed by atoms with E-state index in [2.05, 4.69) is 9.97 Å². The van der Waals surface area contributed by atoms with Crippen molar-refractivity contribution >= 4 is 17.5 Å². The van der Waals surface area contributed by atoms with Gasteiger partial charge in [0.25, 0.3) is 0 Å². The summed E-state index contributed by atoms with van der Waals surface area (Å²) < 4.78 is 12.3. The van der Waals surface area contributed by atoms with Gasteiger partial charge in [-0.3, -0.25) is 4.79 Å². The van der Waals surface area contributed by atoms with Crippen LogP contribution in [0.5, 0.6) is 5.75 Å². The molecule has 0 unspecified atom stereocenters. The van der Waals surface area contributed by atoms with Gasteiger partial charge in [-0.2, -0.15) is 0 Å². The Bertz CT molecular complexity index is 1200. The van der Waals surface area contributed by atoms with Gasteiger partial charge in [-0.15, -0.1) is 0 Å². The fourth-order valence-electron chi connectivity index (χ4n) is 4.27. The Hall–Kier alpha value is -3.25. The van der Waals surface area contributed by atoms with Crippen LogP contribution in [-0.2, 0) is 17.8 Å². The quantitative estimate of drug-likeness (QED) is 0.346. The van der Waals surface area contributed by atoms with Gasteiger partial charge < -0.3 is 14.1 Å². The van der Waals surface area contributed by atoms with Crippen LogP contribution >= 0.6 is 11.8 Å². The molecule has 2 heterocycles. The van der Waals surface area contributed by atoms with Gasteiger partial charge in [-0.1, -0.05) is 42.1 Å². The average molecular weight is 445 g/mol. The maximum atomic E-state index is 12.6. The molecule has 5 nitrogen and oxygen atoms in total. The molecule has 32 heavy (non-hydrogen) atoms. The van der Waals surface area contributed by atoms with E-state index in [1.807, 2.05) is 61.5 Å². The van der Waals surface area contributed by atoms with E-state index in [1.54, 1.807) is 30.4 Å². The highest BCUT2D eigenvalue weighted by Gasteiger charge is 2.35. The number of furan rings is 1. The van der Waals surface area contributed by atoms with Gasteiger partial charge in [-0.05, 0) is 49.6 Å². The average Bonchev–Trinajstić information content (AvgIpc) is 3.54. The minimum absolute atomic E-state index is 0.207. The number of nitrogens with one attached hydrogen (secondary N) is 1. The zero-order chi connectivity index (χ0) is 22.0. The first-order valence-electron chi connectivity index (χ1n) is 10.7. The van der Waals surface area contributed by atoms with Crippen molar-refractivity contribution in [2.75, 3.05) is 0 Å². The van der Waals surface area contributed by atoms with E-state index in [9.17, 15) is 4.79 Å². The molecule has 0 radical (unpaired) electrons. The van der Waals surface area contributed by atoms with E-state index in [0.717, 1.165) is 51.8 Å². The summed E-state index contributed by atoms with van der Waals surface area (Å²) in [7, 11) is 0. The molecule has 6 heteroatoms. The number of hydrogen-bond donors (Lipinski definition) is 1. The smallest absolute Gasteiger partial charge is 0.188 e. The molecule has 0 fully saturated rings. The fourth-order valence-corrected chi connectivity index (χ4v) is 5.17. The number of carbonyl (C=O) groups is 1. The molecule has 0 aliphatic heterocycles. The summed E-state index contributed by atoms with van der Waals surface area (Å²) in [5.74, 6) is 2.35. The Balaban J connectivity index is 1.59. The molecule has 162 valence electrons. The number of benzene rings is 2. The highest BCUT2D eigenvalue weighted by molar-refractivity contribution is 7.98. The number of fused-ring (bicyclic) bond motifs is 1. The van der Waals surface area contributed by atoms with Crippen LogP contribution in [0.2, 0.25) is 0 Å². The van der Waals surface area contributed by atoms with E-state index in [1.165, 1.54) is 0 Å². The van der Waals surface area contributed by atoms with Gasteiger partial charge in [-0.25, -0.2) is 4.98 Å². The number of ketones is 1. The second kappa shape index (κ2) is 8.71. The largest absolute Gasteiger partial charge is 0.475 e. The zero-order valence-electron chi connectivity index (χ0n) is 17.8. The number of hydrogen-bond acceptors (Lipinski definition) is 5. The molecule has 2 aromatic heterocycles. The Labute approximate surface area is 191 Å². The third-order valence-electron chi connectivity index (χ3n) is 5.96. The normalized spacial score (nSPS) is 15.2. The lowest BCUT2D eigenvalue weighted by Gasteiger charge is -2.32. The van der Waals surface area contributed by atoms with E-state index >= 15 is 0 Å². The Kier molecular flexibility index (Phi) is 5.62. The van der Waals surface area contributed by atoms with E-state index in [-0.39, 0.29) is 5.78 Å². The van der Waals surface area contributed by atoms with Crippen LogP contribution in [0.1, 0.15) is 52.6 Å². The number of H-pyrrole nitrogens is 1. The van der Waals surface area contributed by atoms with Crippen LogP contribution in [0.15, 0.2) is 82.8 Å². The first kappa shape index (κ1) is 20.6. The van der Waals surface area contributed by atoms with Crippen molar-refractivity contribution in [2.45, 2.75) is 42.6 Å². The van der Waals surface area contributed by atoms with Crippen LogP contribution in [-0.4, -0.2) is 15.8 Å². The molecule has 1 atom stereocenters. The predicted octanol–water partition coefficient (Wildman–Crippen LogP) is 6.16. The highest BCUT2D eigenvalue weighted by Crippen LogP contribution is 2.40. The molecule has 0 saturated carbocycles.